The lowest BCUT2D eigenvalue weighted by Gasteiger charge is -2.22. The summed E-state index contributed by atoms with van der Waals surface area (Å²) < 4.78 is 11.5. The third kappa shape index (κ3) is 6.91. The molecule has 1 amide bonds. The number of carbonyl (C=O) groups excluding carboxylic acids is 1. The van der Waals surface area contributed by atoms with Crippen LogP contribution in [-0.4, -0.2) is 35.1 Å². The number of carbonyl (C=O) groups is 1. The van der Waals surface area contributed by atoms with E-state index in [2.05, 4.69) is 4.98 Å². The molecule has 0 bridgehead atoms. The maximum atomic E-state index is 13.1. The van der Waals surface area contributed by atoms with Crippen LogP contribution in [0.15, 0.2) is 79.1 Å². The van der Waals surface area contributed by atoms with Crippen molar-refractivity contribution in [2.75, 3.05) is 13.2 Å². The highest BCUT2D eigenvalue weighted by Gasteiger charge is 2.16. The molecule has 3 aromatic rings. The third-order valence-corrected chi connectivity index (χ3v) is 5.82. The van der Waals surface area contributed by atoms with E-state index in [4.69, 9.17) is 21.1 Å². The number of nitrogens with zero attached hydrogens (tertiary/aromatic N) is 2. The zero-order valence-electron chi connectivity index (χ0n) is 18.4. The SMILES string of the molecule is O=C(/C=C/c1ccccc1Cl)N(Cc1ccc(OC[C@H]2CCCO2)cc1)Cc1cccnc1. The van der Waals surface area contributed by atoms with Gasteiger partial charge in [-0.3, -0.25) is 9.78 Å². The van der Waals surface area contributed by atoms with Crippen molar-refractivity contribution in [3.8, 4) is 5.75 Å². The molecule has 170 valence electrons. The minimum Gasteiger partial charge on any atom is -0.491 e. The van der Waals surface area contributed by atoms with Crippen LogP contribution in [0.4, 0.5) is 0 Å². The van der Waals surface area contributed by atoms with Crippen LogP contribution >= 0.6 is 11.6 Å². The molecule has 2 heterocycles. The minimum absolute atomic E-state index is 0.0996. The summed E-state index contributed by atoms with van der Waals surface area (Å²) in [4.78, 5) is 19.0. The topological polar surface area (TPSA) is 51.7 Å². The molecule has 0 spiro atoms. The molecule has 1 fully saturated rings. The van der Waals surface area contributed by atoms with Gasteiger partial charge in [0.05, 0.1) is 6.10 Å². The van der Waals surface area contributed by atoms with Gasteiger partial charge in [-0.25, -0.2) is 0 Å². The molecule has 1 aromatic heterocycles. The quantitative estimate of drug-likeness (QED) is 0.392. The molecule has 5 nitrogen and oxygen atoms in total. The molecule has 1 aliphatic rings. The molecular formula is C27H27ClN2O3. The maximum absolute atomic E-state index is 13.1. The molecule has 6 heteroatoms. The van der Waals surface area contributed by atoms with Crippen LogP contribution in [0.25, 0.3) is 6.08 Å². The van der Waals surface area contributed by atoms with Gasteiger partial charge in [0.1, 0.15) is 12.4 Å². The molecule has 1 saturated heterocycles. The Hall–Kier alpha value is -3.15. The molecule has 1 aliphatic heterocycles. The molecule has 33 heavy (non-hydrogen) atoms. The van der Waals surface area contributed by atoms with Gasteiger partial charge in [-0.1, -0.05) is 48.0 Å². The lowest BCUT2D eigenvalue weighted by atomic mass is 10.1. The second kappa shape index (κ2) is 11.6. The Bertz CT molecular complexity index is 1060. The summed E-state index contributed by atoms with van der Waals surface area (Å²) in [6.07, 6.45) is 9.15. The van der Waals surface area contributed by atoms with Crippen molar-refractivity contribution in [1.29, 1.82) is 0 Å². The molecule has 0 radical (unpaired) electrons. The van der Waals surface area contributed by atoms with Gasteiger partial charge in [-0.15, -0.1) is 0 Å². The van der Waals surface area contributed by atoms with Gasteiger partial charge in [0, 0.05) is 43.2 Å². The van der Waals surface area contributed by atoms with E-state index in [-0.39, 0.29) is 12.0 Å². The van der Waals surface area contributed by atoms with Crippen molar-refractivity contribution in [3.05, 3.63) is 101 Å². The third-order valence-electron chi connectivity index (χ3n) is 5.48. The van der Waals surface area contributed by atoms with Crippen LogP contribution in [0.1, 0.15) is 29.5 Å². The van der Waals surface area contributed by atoms with Crippen LogP contribution in [0.5, 0.6) is 5.75 Å². The molecule has 0 saturated carbocycles. The van der Waals surface area contributed by atoms with Gasteiger partial charge >= 0.3 is 0 Å². The molecule has 0 aliphatic carbocycles. The molecule has 2 aromatic carbocycles. The van der Waals surface area contributed by atoms with E-state index in [1.54, 1.807) is 29.4 Å². The predicted octanol–water partition coefficient (Wildman–Crippen LogP) is 5.54. The van der Waals surface area contributed by atoms with Crippen LogP contribution in [0.2, 0.25) is 5.02 Å². The number of pyridine rings is 1. The molecule has 0 N–H and O–H groups in total. The minimum atomic E-state index is -0.0996. The summed E-state index contributed by atoms with van der Waals surface area (Å²) in [5.41, 5.74) is 2.79. The first-order chi connectivity index (χ1) is 16.2. The Balaban J connectivity index is 1.43. The first kappa shape index (κ1) is 23.0. The van der Waals surface area contributed by atoms with Crippen molar-refractivity contribution >= 4 is 23.6 Å². The van der Waals surface area contributed by atoms with E-state index >= 15 is 0 Å². The predicted molar refractivity (Wildman–Crippen MR) is 130 cm³/mol. The number of hydrogen-bond donors (Lipinski definition) is 0. The van der Waals surface area contributed by atoms with E-state index in [1.807, 2.05) is 60.7 Å². The zero-order chi connectivity index (χ0) is 22.9. The summed E-state index contributed by atoms with van der Waals surface area (Å²) in [5.74, 6) is 0.704. The van der Waals surface area contributed by atoms with E-state index in [0.29, 0.717) is 24.7 Å². The normalized spacial score (nSPS) is 15.6. The van der Waals surface area contributed by atoms with Gasteiger partial charge < -0.3 is 14.4 Å². The first-order valence-electron chi connectivity index (χ1n) is 11.1. The lowest BCUT2D eigenvalue weighted by Crippen LogP contribution is -2.28. The fourth-order valence-corrected chi connectivity index (χ4v) is 3.88. The van der Waals surface area contributed by atoms with E-state index in [9.17, 15) is 4.79 Å². The number of amides is 1. The van der Waals surface area contributed by atoms with Crippen LogP contribution in [0, 0.1) is 0 Å². The van der Waals surface area contributed by atoms with E-state index < -0.39 is 0 Å². The Morgan fingerprint density at radius 3 is 2.64 bits per heavy atom. The average Bonchev–Trinajstić information content (AvgIpc) is 3.37. The number of ether oxygens (including phenoxy) is 2. The Kier molecular flexibility index (Phi) is 8.12. The monoisotopic (exact) mass is 462 g/mol. The number of benzene rings is 2. The van der Waals surface area contributed by atoms with Crippen molar-refractivity contribution in [2.45, 2.75) is 32.0 Å². The highest BCUT2D eigenvalue weighted by molar-refractivity contribution is 6.32. The molecule has 1 atom stereocenters. The largest absolute Gasteiger partial charge is 0.491 e. The number of halogens is 1. The Labute approximate surface area is 199 Å². The Morgan fingerprint density at radius 1 is 1.09 bits per heavy atom. The Morgan fingerprint density at radius 2 is 1.91 bits per heavy atom. The summed E-state index contributed by atoms with van der Waals surface area (Å²) in [5, 5.41) is 0.610. The van der Waals surface area contributed by atoms with Gasteiger partial charge in [-0.05, 0) is 59.9 Å². The maximum Gasteiger partial charge on any atom is 0.247 e. The first-order valence-corrected chi connectivity index (χ1v) is 11.5. The number of rotatable bonds is 9. The highest BCUT2D eigenvalue weighted by Crippen LogP contribution is 2.19. The second-order valence-electron chi connectivity index (χ2n) is 8.00. The van der Waals surface area contributed by atoms with Crippen molar-refractivity contribution < 1.29 is 14.3 Å². The van der Waals surface area contributed by atoms with Crippen molar-refractivity contribution in [2.24, 2.45) is 0 Å². The highest BCUT2D eigenvalue weighted by atomic mass is 35.5. The number of aromatic nitrogens is 1. The molecule has 4 rings (SSSR count). The summed E-state index contributed by atoms with van der Waals surface area (Å²) in [7, 11) is 0. The van der Waals surface area contributed by atoms with Crippen LogP contribution in [0.3, 0.4) is 0 Å². The van der Waals surface area contributed by atoms with E-state index in [0.717, 1.165) is 41.9 Å². The fraction of sp³-hybridized carbons (Fsp3) is 0.259. The van der Waals surface area contributed by atoms with Gasteiger partial charge in [0.2, 0.25) is 5.91 Å². The molecular weight excluding hydrogens is 436 g/mol. The van der Waals surface area contributed by atoms with Gasteiger partial charge in [0.25, 0.3) is 0 Å². The van der Waals surface area contributed by atoms with Crippen molar-refractivity contribution in [1.82, 2.24) is 9.88 Å². The average molecular weight is 463 g/mol. The lowest BCUT2D eigenvalue weighted by molar-refractivity contribution is -0.127. The van der Waals surface area contributed by atoms with Gasteiger partial charge in [-0.2, -0.15) is 0 Å². The van der Waals surface area contributed by atoms with Crippen molar-refractivity contribution in [3.63, 3.8) is 0 Å². The molecule has 0 unspecified atom stereocenters. The second-order valence-corrected chi connectivity index (χ2v) is 8.41. The fourth-order valence-electron chi connectivity index (χ4n) is 3.68. The van der Waals surface area contributed by atoms with Crippen LogP contribution < -0.4 is 4.74 Å². The zero-order valence-corrected chi connectivity index (χ0v) is 19.2. The summed E-state index contributed by atoms with van der Waals surface area (Å²) in [6, 6.07) is 19.2. The van der Waals surface area contributed by atoms with Crippen LogP contribution in [-0.2, 0) is 22.6 Å². The summed E-state index contributed by atoms with van der Waals surface area (Å²) in [6.45, 7) is 2.31. The summed E-state index contributed by atoms with van der Waals surface area (Å²) >= 11 is 6.22. The standard InChI is InChI=1S/C27H27ClN2O3/c28-26-8-2-1-6-23(26)11-14-27(31)30(19-22-5-3-15-29-17-22)18-21-9-12-24(13-10-21)33-20-25-7-4-16-32-25/h1-3,5-6,8-15,17,25H,4,7,16,18-20H2/b14-11+/t25-/m1/s1. The van der Waals surface area contributed by atoms with E-state index in [1.165, 1.54) is 0 Å². The van der Waals surface area contributed by atoms with Gasteiger partial charge in [0.15, 0.2) is 0 Å². The smallest absolute Gasteiger partial charge is 0.247 e. The number of hydrogen-bond acceptors (Lipinski definition) is 4.